The summed E-state index contributed by atoms with van der Waals surface area (Å²) in [7, 11) is 0. The number of aliphatic hydroxyl groups excluding tert-OH is 1. The molecule has 0 bridgehead atoms. The lowest BCUT2D eigenvalue weighted by molar-refractivity contribution is -0.120. The van der Waals surface area contributed by atoms with Gasteiger partial charge >= 0.3 is 0 Å². The van der Waals surface area contributed by atoms with Gasteiger partial charge in [-0.25, -0.2) is 0 Å². The summed E-state index contributed by atoms with van der Waals surface area (Å²) in [6.07, 6.45) is 2.19. The number of fused-ring (bicyclic) bond motifs is 1. The molecule has 0 aliphatic heterocycles. The molecule has 1 amide bonds. The van der Waals surface area contributed by atoms with E-state index < -0.39 is 6.10 Å². The summed E-state index contributed by atoms with van der Waals surface area (Å²) in [4.78, 5) is 28.1. The summed E-state index contributed by atoms with van der Waals surface area (Å²) in [6, 6.07) is 22.3. The Morgan fingerprint density at radius 2 is 1.74 bits per heavy atom. The van der Waals surface area contributed by atoms with Gasteiger partial charge in [-0.05, 0) is 73.0 Å². The van der Waals surface area contributed by atoms with Gasteiger partial charge in [-0.3, -0.25) is 9.59 Å². The first-order valence-electron chi connectivity index (χ1n) is 12.9. The number of aromatic amines is 1. The number of thioether (sulfide) groups is 1. The van der Waals surface area contributed by atoms with Crippen molar-refractivity contribution in [1.82, 2.24) is 15.6 Å². The second-order valence-electron chi connectivity index (χ2n) is 10.4. The van der Waals surface area contributed by atoms with Gasteiger partial charge in [-0.2, -0.15) is 0 Å². The summed E-state index contributed by atoms with van der Waals surface area (Å²) in [5.74, 6) is -0.0608. The van der Waals surface area contributed by atoms with Gasteiger partial charge in [0, 0.05) is 35.0 Å². The number of benzene rings is 3. The molecule has 8 heteroatoms. The predicted octanol–water partition coefficient (Wildman–Crippen LogP) is 4.46. The van der Waals surface area contributed by atoms with Crippen LogP contribution >= 0.6 is 11.8 Å². The summed E-state index contributed by atoms with van der Waals surface area (Å²) < 4.78 is 0. The first kappa shape index (κ1) is 28.4. The minimum absolute atomic E-state index is 0.0240. The van der Waals surface area contributed by atoms with E-state index in [4.69, 9.17) is 0 Å². The van der Waals surface area contributed by atoms with E-state index in [0.717, 1.165) is 16.7 Å². The van der Waals surface area contributed by atoms with E-state index in [1.165, 1.54) is 17.0 Å². The van der Waals surface area contributed by atoms with Crippen molar-refractivity contribution in [3.63, 3.8) is 0 Å². The Bertz CT molecular complexity index is 1500. The number of hydrogen-bond acceptors (Lipinski definition) is 6. The van der Waals surface area contributed by atoms with E-state index >= 15 is 0 Å². The second-order valence-corrected chi connectivity index (χ2v) is 11.2. The van der Waals surface area contributed by atoms with Gasteiger partial charge in [-0.15, -0.1) is 11.8 Å². The molecular weight excluding hydrogens is 510 g/mol. The number of carbonyl (C=O) groups is 1. The van der Waals surface area contributed by atoms with Crippen molar-refractivity contribution in [2.75, 3.05) is 12.8 Å². The largest absolute Gasteiger partial charge is 0.506 e. The number of H-pyrrole nitrogens is 1. The summed E-state index contributed by atoms with van der Waals surface area (Å²) in [6.45, 7) is 4.91. The van der Waals surface area contributed by atoms with Crippen LogP contribution in [0.1, 0.15) is 42.2 Å². The van der Waals surface area contributed by atoms with Crippen LogP contribution in [-0.2, 0) is 24.2 Å². The van der Waals surface area contributed by atoms with Gasteiger partial charge in [0.1, 0.15) is 5.75 Å². The van der Waals surface area contributed by atoms with Gasteiger partial charge in [-0.1, -0.05) is 42.5 Å². The number of aromatic nitrogens is 1. The number of rotatable bonds is 11. The lowest BCUT2D eigenvalue weighted by Gasteiger charge is -2.28. The average Bonchev–Trinajstić information content (AvgIpc) is 2.91. The number of phenols is 1. The second kappa shape index (κ2) is 12.5. The molecule has 1 aromatic heterocycles. The number of hydrogen-bond donors (Lipinski definition) is 5. The van der Waals surface area contributed by atoms with Crippen LogP contribution in [0.5, 0.6) is 5.75 Å². The third-order valence-electron chi connectivity index (χ3n) is 6.69. The van der Waals surface area contributed by atoms with Crippen molar-refractivity contribution >= 4 is 28.6 Å². The molecule has 1 heterocycles. The molecule has 39 heavy (non-hydrogen) atoms. The lowest BCUT2D eigenvalue weighted by atomic mass is 9.92. The van der Waals surface area contributed by atoms with Crippen LogP contribution in [-0.4, -0.2) is 39.4 Å². The predicted molar refractivity (Wildman–Crippen MR) is 157 cm³/mol. The molecule has 0 radical (unpaired) electrons. The summed E-state index contributed by atoms with van der Waals surface area (Å²) in [5.41, 5.74) is 3.38. The number of β-amino-alcohol motifs (C(OH)–C–C–N with tert-alkyl or cyclic N) is 1. The van der Waals surface area contributed by atoms with Crippen LogP contribution in [0.2, 0.25) is 0 Å². The smallest absolute Gasteiger partial charge is 0.248 e. The van der Waals surface area contributed by atoms with Gasteiger partial charge in [0.15, 0.2) is 0 Å². The third kappa shape index (κ3) is 7.72. The fourth-order valence-electron chi connectivity index (χ4n) is 4.65. The number of nitrogens with one attached hydrogen (secondary N) is 3. The van der Waals surface area contributed by atoms with E-state index in [9.17, 15) is 19.8 Å². The van der Waals surface area contributed by atoms with E-state index in [1.54, 1.807) is 23.9 Å². The average molecular weight is 546 g/mol. The Morgan fingerprint density at radius 1 is 1.00 bits per heavy atom. The zero-order valence-electron chi connectivity index (χ0n) is 22.5. The number of aromatic hydroxyl groups is 1. The maximum atomic E-state index is 12.6. The molecule has 4 aromatic rings. The van der Waals surface area contributed by atoms with Crippen molar-refractivity contribution in [2.24, 2.45) is 0 Å². The lowest BCUT2D eigenvalue weighted by Crippen LogP contribution is -2.43. The number of carbonyl (C=O) groups excluding carboxylic acids is 1. The zero-order chi connectivity index (χ0) is 28.0. The normalized spacial score (nSPS) is 12.4. The summed E-state index contributed by atoms with van der Waals surface area (Å²) in [5, 5.41) is 28.1. The molecule has 7 nitrogen and oxygen atoms in total. The highest BCUT2D eigenvalue weighted by atomic mass is 32.2. The van der Waals surface area contributed by atoms with Crippen LogP contribution in [0.15, 0.2) is 82.5 Å². The van der Waals surface area contributed by atoms with E-state index in [0.29, 0.717) is 35.9 Å². The number of amides is 1. The Labute approximate surface area is 232 Å². The first-order chi connectivity index (χ1) is 18.6. The molecule has 5 N–H and O–H groups in total. The number of aliphatic hydroxyl groups is 1. The van der Waals surface area contributed by atoms with Crippen LogP contribution < -0.4 is 16.2 Å². The Morgan fingerprint density at radius 3 is 2.49 bits per heavy atom. The van der Waals surface area contributed by atoms with Crippen molar-refractivity contribution in [1.29, 1.82) is 0 Å². The van der Waals surface area contributed by atoms with Crippen molar-refractivity contribution in [2.45, 2.75) is 49.8 Å². The van der Waals surface area contributed by atoms with Crippen molar-refractivity contribution in [3.05, 3.63) is 105 Å². The highest BCUT2D eigenvalue weighted by Crippen LogP contribution is 2.29. The van der Waals surface area contributed by atoms with E-state index in [-0.39, 0.29) is 29.3 Å². The molecule has 3 aromatic carbocycles. The van der Waals surface area contributed by atoms with E-state index in [2.05, 4.69) is 47.7 Å². The Hall–Kier alpha value is -3.59. The zero-order valence-corrected chi connectivity index (χ0v) is 23.3. The van der Waals surface area contributed by atoms with Gasteiger partial charge in [0.05, 0.1) is 18.0 Å². The maximum Gasteiger partial charge on any atom is 0.248 e. The van der Waals surface area contributed by atoms with Crippen LogP contribution in [0.4, 0.5) is 0 Å². The van der Waals surface area contributed by atoms with Gasteiger partial charge in [0.25, 0.3) is 0 Å². The molecular formula is C31H35N3O4S. The molecule has 0 aliphatic rings. The molecule has 0 unspecified atom stereocenters. The molecule has 204 valence electrons. The molecule has 4 rings (SSSR count). The molecule has 0 aliphatic carbocycles. The van der Waals surface area contributed by atoms with Gasteiger partial charge in [0.2, 0.25) is 11.5 Å². The highest BCUT2D eigenvalue weighted by Gasteiger charge is 2.21. The minimum atomic E-state index is -0.842. The molecule has 0 fully saturated rings. The standard InChI is InChI=1S/C31H35N3O4S/c1-31(2,33-19-27(36)24-11-13-26(35)30-25(24)12-14-28(37)34-30)17-22-6-4-5-21(15-22)16-29(38)32-18-20-7-9-23(39-3)10-8-20/h4-15,27,33,35-36H,16-19H2,1-3H3,(H,32,38)(H,34,37)/t27-/m1/s1. The van der Waals surface area contributed by atoms with Crippen LogP contribution in [0, 0.1) is 0 Å². The van der Waals surface area contributed by atoms with E-state index in [1.807, 2.05) is 36.6 Å². The molecule has 0 saturated carbocycles. The topological polar surface area (TPSA) is 114 Å². The van der Waals surface area contributed by atoms with Crippen LogP contribution in [0.3, 0.4) is 0 Å². The Kier molecular flexibility index (Phi) is 9.12. The first-order valence-corrected chi connectivity index (χ1v) is 14.1. The third-order valence-corrected chi connectivity index (χ3v) is 7.43. The monoisotopic (exact) mass is 545 g/mol. The Balaban J connectivity index is 1.33. The SMILES string of the molecule is CSc1ccc(CNC(=O)Cc2cccc(CC(C)(C)NC[C@@H](O)c3ccc(O)c4[nH]c(=O)ccc34)c2)cc1. The van der Waals surface area contributed by atoms with Gasteiger partial charge < -0.3 is 25.8 Å². The number of phenolic OH excluding ortho intramolecular Hbond substituents is 1. The number of pyridine rings is 1. The fourth-order valence-corrected chi connectivity index (χ4v) is 5.06. The summed E-state index contributed by atoms with van der Waals surface area (Å²) >= 11 is 1.69. The quantitative estimate of drug-likeness (QED) is 0.178. The molecule has 0 spiro atoms. The fraction of sp³-hybridized carbons (Fsp3) is 0.290. The van der Waals surface area contributed by atoms with Crippen LogP contribution in [0.25, 0.3) is 10.9 Å². The van der Waals surface area contributed by atoms with Crippen molar-refractivity contribution < 1.29 is 15.0 Å². The minimum Gasteiger partial charge on any atom is -0.506 e. The highest BCUT2D eigenvalue weighted by molar-refractivity contribution is 7.98. The molecule has 1 atom stereocenters. The molecule has 0 saturated heterocycles. The maximum absolute atomic E-state index is 12.6. The van der Waals surface area contributed by atoms with Crippen molar-refractivity contribution in [3.8, 4) is 5.75 Å².